The molecule has 102 valence electrons. The van der Waals surface area contributed by atoms with Crippen molar-refractivity contribution in [3.63, 3.8) is 0 Å². The van der Waals surface area contributed by atoms with Crippen LogP contribution in [0.3, 0.4) is 0 Å². The Balaban J connectivity index is 2.21. The smallest absolute Gasteiger partial charge is 0.335 e. The molecule has 0 bridgehead atoms. The molecule has 1 amide bonds. The first-order valence-electron chi connectivity index (χ1n) is 5.61. The van der Waals surface area contributed by atoms with Gasteiger partial charge in [0.05, 0.1) is 5.56 Å². The second-order valence-corrected chi connectivity index (χ2v) is 3.97. The van der Waals surface area contributed by atoms with Gasteiger partial charge in [0.2, 0.25) is 0 Å². The summed E-state index contributed by atoms with van der Waals surface area (Å²) in [4.78, 5) is 22.5. The molecule has 0 aromatic heterocycles. The lowest BCUT2D eigenvalue weighted by Gasteiger charge is -2.07. The zero-order valence-corrected chi connectivity index (χ0v) is 10.1. The van der Waals surface area contributed by atoms with Gasteiger partial charge < -0.3 is 15.5 Å². The molecule has 0 radical (unpaired) electrons. The van der Waals surface area contributed by atoms with Crippen LogP contribution in [0.1, 0.15) is 20.7 Å². The highest BCUT2D eigenvalue weighted by Crippen LogP contribution is 2.21. The summed E-state index contributed by atoms with van der Waals surface area (Å²) in [7, 11) is 0. The van der Waals surface area contributed by atoms with Crippen molar-refractivity contribution in [1.29, 1.82) is 0 Å². The second-order valence-electron chi connectivity index (χ2n) is 3.97. The van der Waals surface area contributed by atoms with E-state index in [2.05, 4.69) is 5.32 Å². The number of aromatic carboxylic acids is 1. The zero-order chi connectivity index (χ0) is 14.7. The molecule has 0 fully saturated rings. The van der Waals surface area contributed by atoms with Gasteiger partial charge in [0.1, 0.15) is 17.1 Å². The molecule has 5 nitrogen and oxygen atoms in total. The molecule has 20 heavy (non-hydrogen) atoms. The van der Waals surface area contributed by atoms with E-state index in [0.717, 1.165) is 6.07 Å². The van der Waals surface area contributed by atoms with E-state index in [0.29, 0.717) is 5.69 Å². The molecule has 0 aliphatic carbocycles. The van der Waals surface area contributed by atoms with Crippen molar-refractivity contribution in [3.8, 4) is 5.75 Å². The minimum absolute atomic E-state index is 0.0664. The van der Waals surface area contributed by atoms with Gasteiger partial charge in [-0.3, -0.25) is 4.79 Å². The Hall–Kier alpha value is -2.89. The van der Waals surface area contributed by atoms with Crippen LogP contribution < -0.4 is 5.32 Å². The number of carbonyl (C=O) groups excluding carboxylic acids is 1. The third-order valence-corrected chi connectivity index (χ3v) is 2.61. The van der Waals surface area contributed by atoms with E-state index >= 15 is 0 Å². The Kier molecular flexibility index (Phi) is 3.65. The van der Waals surface area contributed by atoms with E-state index in [9.17, 15) is 19.1 Å². The molecule has 0 atom stereocenters. The fourth-order valence-electron chi connectivity index (χ4n) is 1.63. The van der Waals surface area contributed by atoms with Gasteiger partial charge in [0, 0.05) is 5.69 Å². The van der Waals surface area contributed by atoms with Gasteiger partial charge in [-0.15, -0.1) is 0 Å². The number of benzene rings is 2. The van der Waals surface area contributed by atoms with Crippen LogP contribution >= 0.6 is 0 Å². The number of amides is 1. The summed E-state index contributed by atoms with van der Waals surface area (Å²) in [6.07, 6.45) is 0. The Labute approximate surface area is 113 Å². The van der Waals surface area contributed by atoms with Crippen molar-refractivity contribution in [2.24, 2.45) is 0 Å². The monoisotopic (exact) mass is 275 g/mol. The van der Waals surface area contributed by atoms with Crippen LogP contribution in [0.5, 0.6) is 5.75 Å². The van der Waals surface area contributed by atoms with Crippen LogP contribution in [0.15, 0.2) is 42.5 Å². The summed E-state index contributed by atoms with van der Waals surface area (Å²) >= 11 is 0. The summed E-state index contributed by atoms with van der Waals surface area (Å²) in [5, 5.41) is 20.6. The Morgan fingerprint density at radius 1 is 1.05 bits per heavy atom. The summed E-state index contributed by atoms with van der Waals surface area (Å²) in [5.74, 6) is -3.22. The molecule has 0 spiro atoms. The number of carboxylic acids is 1. The maximum atomic E-state index is 13.5. The number of carboxylic acid groups (broad SMARTS) is 1. The first kappa shape index (κ1) is 13.5. The van der Waals surface area contributed by atoms with Gasteiger partial charge >= 0.3 is 5.97 Å². The van der Waals surface area contributed by atoms with Crippen molar-refractivity contribution < 1.29 is 24.2 Å². The molecule has 0 aliphatic rings. The fraction of sp³-hybridized carbons (Fsp3) is 0. The number of hydrogen-bond acceptors (Lipinski definition) is 3. The van der Waals surface area contributed by atoms with E-state index in [1.54, 1.807) is 0 Å². The van der Waals surface area contributed by atoms with Crippen LogP contribution in [0.4, 0.5) is 10.1 Å². The number of phenolic OH excluding ortho intramolecular Hbond substituents is 1. The van der Waals surface area contributed by atoms with E-state index in [1.807, 2.05) is 0 Å². The number of anilines is 1. The van der Waals surface area contributed by atoms with Gasteiger partial charge in [0.15, 0.2) is 0 Å². The third-order valence-electron chi connectivity index (χ3n) is 2.61. The molecule has 0 aliphatic heterocycles. The molecule has 6 heteroatoms. The molecule has 2 aromatic carbocycles. The topological polar surface area (TPSA) is 86.6 Å². The molecule has 0 heterocycles. The van der Waals surface area contributed by atoms with Crippen molar-refractivity contribution in [1.82, 2.24) is 0 Å². The predicted octanol–water partition coefficient (Wildman–Crippen LogP) is 2.48. The quantitative estimate of drug-likeness (QED) is 0.803. The first-order chi connectivity index (χ1) is 9.49. The largest absolute Gasteiger partial charge is 0.507 e. The van der Waals surface area contributed by atoms with E-state index in [4.69, 9.17) is 5.11 Å². The van der Waals surface area contributed by atoms with Crippen molar-refractivity contribution in [2.45, 2.75) is 0 Å². The highest BCUT2D eigenvalue weighted by molar-refractivity contribution is 6.06. The number of phenols is 1. The average Bonchev–Trinajstić information content (AvgIpc) is 2.39. The molecule has 0 unspecified atom stereocenters. The summed E-state index contributed by atoms with van der Waals surface area (Å²) in [6, 6.07) is 8.90. The summed E-state index contributed by atoms with van der Waals surface area (Å²) in [5.41, 5.74) is -0.103. The third kappa shape index (κ3) is 2.74. The van der Waals surface area contributed by atoms with Gasteiger partial charge in [-0.05, 0) is 36.4 Å². The number of rotatable bonds is 3. The van der Waals surface area contributed by atoms with E-state index in [1.165, 1.54) is 36.4 Å². The van der Waals surface area contributed by atoms with E-state index in [-0.39, 0.29) is 5.56 Å². The molecule has 0 saturated heterocycles. The highest BCUT2D eigenvalue weighted by atomic mass is 19.1. The molecule has 0 saturated carbocycles. The van der Waals surface area contributed by atoms with Crippen LogP contribution in [0, 0.1) is 5.82 Å². The lowest BCUT2D eigenvalue weighted by Crippen LogP contribution is -2.14. The van der Waals surface area contributed by atoms with Crippen molar-refractivity contribution in [3.05, 3.63) is 59.4 Å². The number of carbonyl (C=O) groups is 2. The van der Waals surface area contributed by atoms with Crippen LogP contribution in [0.2, 0.25) is 0 Å². The van der Waals surface area contributed by atoms with Gasteiger partial charge in [-0.1, -0.05) is 6.07 Å². The van der Waals surface area contributed by atoms with Crippen molar-refractivity contribution >= 4 is 17.6 Å². The second kappa shape index (κ2) is 5.40. The van der Waals surface area contributed by atoms with Crippen LogP contribution in [-0.2, 0) is 0 Å². The first-order valence-corrected chi connectivity index (χ1v) is 5.61. The number of halogens is 1. The lowest BCUT2D eigenvalue weighted by atomic mass is 10.1. The number of nitrogens with one attached hydrogen (secondary N) is 1. The molecule has 2 aromatic rings. The zero-order valence-electron chi connectivity index (χ0n) is 10.1. The molecular weight excluding hydrogens is 265 g/mol. The highest BCUT2D eigenvalue weighted by Gasteiger charge is 2.16. The van der Waals surface area contributed by atoms with E-state index < -0.39 is 29.0 Å². The Morgan fingerprint density at radius 2 is 1.70 bits per heavy atom. The van der Waals surface area contributed by atoms with Gasteiger partial charge in [0.25, 0.3) is 5.91 Å². The Morgan fingerprint density at radius 3 is 2.25 bits per heavy atom. The number of hydrogen-bond donors (Lipinski definition) is 3. The molecule has 3 N–H and O–H groups in total. The van der Waals surface area contributed by atoms with Crippen LogP contribution in [-0.4, -0.2) is 22.1 Å². The fourth-order valence-corrected chi connectivity index (χ4v) is 1.63. The molecule has 2 rings (SSSR count). The van der Waals surface area contributed by atoms with Crippen LogP contribution in [0.25, 0.3) is 0 Å². The minimum Gasteiger partial charge on any atom is -0.507 e. The van der Waals surface area contributed by atoms with Crippen molar-refractivity contribution in [2.75, 3.05) is 5.32 Å². The number of aromatic hydroxyl groups is 1. The predicted molar refractivity (Wildman–Crippen MR) is 69.4 cm³/mol. The maximum absolute atomic E-state index is 13.5. The molecular formula is C14H10FNO4. The SMILES string of the molecule is O=C(O)c1ccc(NC(=O)c2c(O)cccc2F)cc1. The maximum Gasteiger partial charge on any atom is 0.335 e. The lowest BCUT2D eigenvalue weighted by molar-refractivity contribution is 0.0696. The minimum atomic E-state index is -1.09. The standard InChI is InChI=1S/C14H10FNO4/c15-10-2-1-3-11(17)12(10)13(18)16-9-6-4-8(5-7-9)14(19)20/h1-7,17H,(H,16,18)(H,19,20). The van der Waals surface area contributed by atoms with Gasteiger partial charge in [-0.25, -0.2) is 9.18 Å². The summed E-state index contributed by atoms with van der Waals surface area (Å²) < 4.78 is 13.5. The normalized spacial score (nSPS) is 10.1. The van der Waals surface area contributed by atoms with Gasteiger partial charge in [-0.2, -0.15) is 0 Å². The summed E-state index contributed by atoms with van der Waals surface area (Å²) in [6.45, 7) is 0. The average molecular weight is 275 g/mol. The Bertz CT molecular complexity index is 647.